The molecule has 0 fully saturated rings. The maximum atomic E-state index is 13.2. The predicted octanol–water partition coefficient (Wildman–Crippen LogP) is 4.43. The van der Waals surface area contributed by atoms with E-state index in [-0.39, 0.29) is 11.6 Å². The van der Waals surface area contributed by atoms with E-state index in [9.17, 15) is 9.59 Å². The summed E-state index contributed by atoms with van der Waals surface area (Å²) in [5.41, 5.74) is 2.53. The van der Waals surface area contributed by atoms with E-state index in [0.29, 0.717) is 41.7 Å². The second kappa shape index (κ2) is 8.84. The third-order valence-electron chi connectivity index (χ3n) is 5.01. The van der Waals surface area contributed by atoms with Gasteiger partial charge in [-0.2, -0.15) is 0 Å². The van der Waals surface area contributed by atoms with Crippen LogP contribution in [0.5, 0.6) is 0 Å². The van der Waals surface area contributed by atoms with Crippen molar-refractivity contribution in [3.8, 4) is 10.8 Å². The molecule has 3 aromatic rings. The molecule has 0 unspecified atom stereocenters. The number of H-pyrrole nitrogens is 1. The van der Waals surface area contributed by atoms with Crippen molar-refractivity contribution >= 4 is 22.9 Å². The largest absolute Gasteiger partial charge is 0.419 e. The minimum Gasteiger partial charge on any atom is -0.419 e. The number of carbonyl (C=O) groups is 2. The van der Waals surface area contributed by atoms with Crippen LogP contribution in [0.4, 0.5) is 0 Å². The smallest absolute Gasteiger partial charge is 0.257 e. The number of thiophene rings is 1. The van der Waals surface area contributed by atoms with Crippen molar-refractivity contribution in [1.29, 1.82) is 0 Å². The Morgan fingerprint density at radius 3 is 2.66 bits per heavy atom. The molecule has 154 valence electrons. The van der Waals surface area contributed by atoms with Crippen molar-refractivity contribution in [2.45, 2.75) is 53.6 Å². The van der Waals surface area contributed by atoms with Gasteiger partial charge in [-0.15, -0.1) is 21.5 Å². The first-order valence-corrected chi connectivity index (χ1v) is 10.6. The first-order chi connectivity index (χ1) is 13.8. The summed E-state index contributed by atoms with van der Waals surface area (Å²) in [7, 11) is 0. The van der Waals surface area contributed by atoms with E-state index in [1.807, 2.05) is 43.2 Å². The van der Waals surface area contributed by atoms with Crippen molar-refractivity contribution < 1.29 is 14.0 Å². The fraction of sp³-hybridized carbons (Fsp3) is 0.429. The zero-order chi connectivity index (χ0) is 21.1. The van der Waals surface area contributed by atoms with Crippen molar-refractivity contribution in [2.75, 3.05) is 6.54 Å². The van der Waals surface area contributed by atoms with Crippen LogP contribution in [0.25, 0.3) is 10.8 Å². The number of nitrogens with zero attached hydrogens (tertiary/aromatic N) is 3. The molecule has 3 heterocycles. The maximum Gasteiger partial charge on any atom is 0.257 e. The van der Waals surface area contributed by atoms with Gasteiger partial charge in [-0.3, -0.25) is 14.5 Å². The molecule has 29 heavy (non-hydrogen) atoms. The highest BCUT2D eigenvalue weighted by Crippen LogP contribution is 2.25. The Bertz CT molecular complexity index is 1000. The van der Waals surface area contributed by atoms with Crippen LogP contribution in [0.15, 0.2) is 21.9 Å². The molecule has 0 saturated heterocycles. The lowest BCUT2D eigenvalue weighted by molar-refractivity contribution is 0.0810. The van der Waals surface area contributed by atoms with Gasteiger partial charge in [-0.05, 0) is 57.7 Å². The third-order valence-corrected chi connectivity index (χ3v) is 5.87. The van der Waals surface area contributed by atoms with Crippen LogP contribution >= 0.6 is 11.3 Å². The summed E-state index contributed by atoms with van der Waals surface area (Å²) < 4.78 is 5.80. The SMILES string of the molecule is CCCN(Cc1nnc(-c2cccs2)o1)[C@H](C)C(=O)c1[nH]c(C)c(C(C)=O)c1C. The molecule has 3 aromatic heterocycles. The Balaban J connectivity index is 1.81. The number of aryl methyl sites for hydroxylation is 1. The van der Waals surface area contributed by atoms with Gasteiger partial charge in [0.2, 0.25) is 5.89 Å². The van der Waals surface area contributed by atoms with Gasteiger partial charge in [0, 0.05) is 11.3 Å². The molecule has 0 aliphatic rings. The summed E-state index contributed by atoms with van der Waals surface area (Å²) in [6.07, 6.45) is 0.880. The fourth-order valence-corrected chi connectivity index (χ4v) is 4.23. The number of aromatic amines is 1. The quantitative estimate of drug-likeness (QED) is 0.521. The summed E-state index contributed by atoms with van der Waals surface area (Å²) >= 11 is 1.54. The summed E-state index contributed by atoms with van der Waals surface area (Å²) in [4.78, 5) is 31.2. The maximum absolute atomic E-state index is 13.2. The Hall–Kier alpha value is -2.58. The first-order valence-electron chi connectivity index (χ1n) is 9.68. The summed E-state index contributed by atoms with van der Waals surface area (Å²) in [6.45, 7) is 10.2. The molecule has 7 nitrogen and oxygen atoms in total. The first kappa shape index (κ1) is 21.1. The standard InChI is InChI=1S/C21H26N4O3S/c1-6-9-25(11-17-23-24-21(28-17)16-8-7-10-29-16)14(4)20(27)19-12(2)18(15(5)26)13(3)22-19/h7-8,10,14,22H,6,9,11H2,1-5H3/t14-/m1/s1. The highest BCUT2D eigenvalue weighted by molar-refractivity contribution is 7.13. The van der Waals surface area contributed by atoms with Crippen molar-refractivity contribution in [3.05, 3.63) is 45.9 Å². The Morgan fingerprint density at radius 2 is 2.07 bits per heavy atom. The summed E-state index contributed by atoms with van der Waals surface area (Å²) in [5.74, 6) is 0.877. The Kier molecular flexibility index (Phi) is 6.44. The molecule has 0 radical (unpaired) electrons. The van der Waals surface area contributed by atoms with Crippen LogP contribution in [0.1, 0.15) is 65.2 Å². The number of carbonyl (C=O) groups excluding carboxylic acids is 2. The number of hydrogen-bond acceptors (Lipinski definition) is 7. The van der Waals surface area contributed by atoms with Gasteiger partial charge >= 0.3 is 0 Å². The minimum absolute atomic E-state index is 0.0414. The van der Waals surface area contributed by atoms with Crippen molar-refractivity contribution in [3.63, 3.8) is 0 Å². The molecular weight excluding hydrogens is 388 g/mol. The molecule has 1 atom stereocenters. The summed E-state index contributed by atoms with van der Waals surface area (Å²) in [6, 6.07) is 3.47. The summed E-state index contributed by atoms with van der Waals surface area (Å²) in [5, 5.41) is 10.2. The molecular formula is C21H26N4O3S. The molecule has 0 amide bonds. The van der Waals surface area contributed by atoms with E-state index in [1.165, 1.54) is 18.3 Å². The predicted molar refractivity (Wildman–Crippen MR) is 112 cm³/mol. The van der Waals surface area contributed by atoms with Gasteiger partial charge in [-0.25, -0.2) is 0 Å². The van der Waals surface area contributed by atoms with Gasteiger partial charge in [0.25, 0.3) is 5.89 Å². The normalized spacial score (nSPS) is 12.5. The van der Waals surface area contributed by atoms with Gasteiger partial charge in [0.1, 0.15) is 0 Å². The molecule has 3 rings (SSSR count). The third kappa shape index (κ3) is 4.38. The highest BCUT2D eigenvalue weighted by atomic mass is 32.1. The van der Waals surface area contributed by atoms with Gasteiger partial charge in [-0.1, -0.05) is 13.0 Å². The number of nitrogens with one attached hydrogen (secondary N) is 1. The molecule has 0 aliphatic heterocycles. The van der Waals surface area contributed by atoms with Crippen LogP contribution in [-0.2, 0) is 6.54 Å². The van der Waals surface area contributed by atoms with Crippen molar-refractivity contribution in [2.24, 2.45) is 0 Å². The van der Waals surface area contributed by atoms with Gasteiger partial charge in [0.05, 0.1) is 23.2 Å². The fourth-order valence-electron chi connectivity index (χ4n) is 3.59. The van der Waals surface area contributed by atoms with Gasteiger partial charge in [0.15, 0.2) is 11.6 Å². The molecule has 8 heteroatoms. The molecule has 0 aliphatic carbocycles. The van der Waals surface area contributed by atoms with Gasteiger partial charge < -0.3 is 9.40 Å². The van der Waals surface area contributed by atoms with E-state index in [2.05, 4.69) is 22.1 Å². The minimum atomic E-state index is -0.399. The number of ketones is 2. The topological polar surface area (TPSA) is 92.1 Å². The molecule has 1 N–H and O–H groups in total. The zero-order valence-electron chi connectivity index (χ0n) is 17.4. The molecule has 0 saturated carbocycles. The van der Waals surface area contributed by atoms with Crippen LogP contribution in [-0.4, -0.2) is 44.2 Å². The highest BCUT2D eigenvalue weighted by Gasteiger charge is 2.28. The number of aromatic nitrogens is 3. The Labute approximate surface area is 174 Å². The lowest BCUT2D eigenvalue weighted by Crippen LogP contribution is -2.39. The lowest BCUT2D eigenvalue weighted by atomic mass is 10.0. The van der Waals surface area contributed by atoms with Crippen molar-refractivity contribution in [1.82, 2.24) is 20.1 Å². The second-order valence-corrected chi connectivity index (χ2v) is 8.12. The Morgan fingerprint density at radius 1 is 1.31 bits per heavy atom. The van der Waals surface area contributed by atoms with E-state index >= 15 is 0 Å². The average Bonchev–Trinajstić information content (AvgIpc) is 3.40. The zero-order valence-corrected chi connectivity index (χ0v) is 18.2. The van der Waals surface area contributed by atoms with E-state index in [1.54, 1.807) is 0 Å². The van der Waals surface area contributed by atoms with E-state index in [0.717, 1.165) is 17.0 Å². The molecule has 0 bridgehead atoms. The van der Waals surface area contributed by atoms with Crippen LogP contribution < -0.4 is 0 Å². The number of hydrogen-bond donors (Lipinski definition) is 1. The van der Waals surface area contributed by atoms with E-state index in [4.69, 9.17) is 4.42 Å². The monoisotopic (exact) mass is 414 g/mol. The van der Waals surface area contributed by atoms with Crippen LogP contribution in [0, 0.1) is 13.8 Å². The van der Waals surface area contributed by atoms with Crippen LogP contribution in [0.2, 0.25) is 0 Å². The second-order valence-electron chi connectivity index (χ2n) is 7.17. The van der Waals surface area contributed by atoms with E-state index < -0.39 is 6.04 Å². The molecule has 0 aromatic carbocycles. The van der Waals surface area contributed by atoms with Crippen LogP contribution in [0.3, 0.4) is 0 Å². The average molecular weight is 415 g/mol. The lowest BCUT2D eigenvalue weighted by Gasteiger charge is -2.26. The number of rotatable bonds is 9. The number of Topliss-reactive ketones (excluding diaryl/α,β-unsaturated/α-hetero) is 2. The molecule has 0 spiro atoms.